The molecule has 6 heteroatoms. The van der Waals surface area contributed by atoms with Crippen LogP contribution in [0.1, 0.15) is 39.5 Å². The molecule has 1 fully saturated rings. The summed E-state index contributed by atoms with van der Waals surface area (Å²) < 4.78 is 5.57. The van der Waals surface area contributed by atoms with Crippen molar-refractivity contribution in [3.05, 3.63) is 0 Å². The molecular weight excluding hydrogens is 280 g/mol. The Hall–Kier alpha value is -1.30. The maximum atomic E-state index is 11.1. The summed E-state index contributed by atoms with van der Waals surface area (Å²) in [7, 11) is 1.80. The van der Waals surface area contributed by atoms with Crippen LogP contribution in [-0.2, 0) is 9.53 Å². The maximum Gasteiger partial charge on any atom is 0.217 e. The lowest BCUT2D eigenvalue weighted by Crippen LogP contribution is -2.47. The Labute approximate surface area is 134 Å². The lowest BCUT2D eigenvalue weighted by molar-refractivity contribution is -0.119. The molecule has 22 heavy (non-hydrogen) atoms. The maximum absolute atomic E-state index is 11.1. The second-order valence-electron chi connectivity index (χ2n) is 6.42. The Morgan fingerprint density at radius 3 is 2.91 bits per heavy atom. The fourth-order valence-electron chi connectivity index (χ4n) is 2.73. The van der Waals surface area contributed by atoms with Crippen LogP contribution in [0, 0.1) is 11.8 Å². The van der Waals surface area contributed by atoms with Gasteiger partial charge in [0.1, 0.15) is 0 Å². The Kier molecular flexibility index (Phi) is 8.89. The largest absolute Gasteiger partial charge is 0.381 e. The van der Waals surface area contributed by atoms with Crippen molar-refractivity contribution in [3.8, 4) is 0 Å². The molecule has 0 aliphatic carbocycles. The van der Waals surface area contributed by atoms with Crippen LogP contribution in [0.4, 0.5) is 0 Å². The van der Waals surface area contributed by atoms with E-state index in [-0.39, 0.29) is 5.91 Å². The van der Waals surface area contributed by atoms with Gasteiger partial charge in [0.2, 0.25) is 5.91 Å². The predicted molar refractivity (Wildman–Crippen MR) is 89.7 cm³/mol. The number of piperidine rings is 1. The quantitative estimate of drug-likeness (QED) is 0.401. The summed E-state index contributed by atoms with van der Waals surface area (Å²) in [5.74, 6) is 1.63. The van der Waals surface area contributed by atoms with Crippen molar-refractivity contribution in [1.82, 2.24) is 10.2 Å². The third-order valence-corrected chi connectivity index (χ3v) is 3.72. The fraction of sp³-hybridized carbons (Fsp3) is 0.875. The van der Waals surface area contributed by atoms with Gasteiger partial charge in [-0.1, -0.05) is 13.8 Å². The third-order valence-electron chi connectivity index (χ3n) is 3.72. The molecular formula is C16H32N4O2. The van der Waals surface area contributed by atoms with Gasteiger partial charge in [-0.2, -0.15) is 0 Å². The van der Waals surface area contributed by atoms with E-state index in [0.717, 1.165) is 58.1 Å². The van der Waals surface area contributed by atoms with Crippen molar-refractivity contribution in [1.29, 1.82) is 0 Å². The average molecular weight is 312 g/mol. The standard InChI is InChI=1S/C16H32N4O2/c1-13(2)12-22-9-5-7-19-16(18-3)20-8-4-6-14(11-20)10-15(17)21/h13-14H,4-12H2,1-3H3,(H2,17,21)(H,18,19). The van der Waals surface area contributed by atoms with Crippen molar-refractivity contribution in [2.75, 3.05) is 39.9 Å². The summed E-state index contributed by atoms with van der Waals surface area (Å²) in [6, 6.07) is 0. The molecule has 0 bridgehead atoms. The summed E-state index contributed by atoms with van der Waals surface area (Å²) >= 11 is 0. The van der Waals surface area contributed by atoms with Crippen LogP contribution >= 0.6 is 0 Å². The Morgan fingerprint density at radius 1 is 1.50 bits per heavy atom. The van der Waals surface area contributed by atoms with Gasteiger partial charge in [0.15, 0.2) is 5.96 Å². The summed E-state index contributed by atoms with van der Waals surface area (Å²) in [6.45, 7) is 8.58. The SMILES string of the molecule is CN=C(NCCCOCC(C)C)N1CCCC(CC(N)=O)C1. The second kappa shape index (κ2) is 10.4. The van der Waals surface area contributed by atoms with Gasteiger partial charge in [-0.05, 0) is 31.1 Å². The van der Waals surface area contributed by atoms with Gasteiger partial charge in [0.05, 0.1) is 0 Å². The van der Waals surface area contributed by atoms with Crippen molar-refractivity contribution in [2.45, 2.75) is 39.5 Å². The van der Waals surface area contributed by atoms with E-state index in [1.54, 1.807) is 7.05 Å². The molecule has 0 aromatic carbocycles. The van der Waals surface area contributed by atoms with E-state index in [0.29, 0.717) is 18.3 Å². The lowest BCUT2D eigenvalue weighted by Gasteiger charge is -2.34. The summed E-state index contributed by atoms with van der Waals surface area (Å²) in [4.78, 5) is 17.7. The number of carbonyl (C=O) groups is 1. The Morgan fingerprint density at radius 2 is 2.27 bits per heavy atom. The molecule has 3 N–H and O–H groups in total. The zero-order chi connectivity index (χ0) is 16.4. The first-order chi connectivity index (χ1) is 10.5. The molecule has 0 aromatic rings. The van der Waals surface area contributed by atoms with E-state index in [9.17, 15) is 4.79 Å². The topological polar surface area (TPSA) is 80.0 Å². The fourth-order valence-corrected chi connectivity index (χ4v) is 2.73. The summed E-state index contributed by atoms with van der Waals surface area (Å²) in [5, 5.41) is 3.38. The van der Waals surface area contributed by atoms with Gasteiger partial charge in [-0.25, -0.2) is 0 Å². The lowest BCUT2D eigenvalue weighted by atomic mass is 9.95. The molecule has 1 atom stereocenters. The number of nitrogens with zero attached hydrogens (tertiary/aromatic N) is 2. The number of aliphatic imine (C=N–C) groups is 1. The number of primary amides is 1. The molecule has 1 unspecified atom stereocenters. The van der Waals surface area contributed by atoms with Crippen LogP contribution in [0.25, 0.3) is 0 Å². The van der Waals surface area contributed by atoms with Crippen molar-refractivity contribution in [3.63, 3.8) is 0 Å². The molecule has 1 heterocycles. The highest BCUT2D eigenvalue weighted by Gasteiger charge is 2.23. The van der Waals surface area contributed by atoms with Crippen LogP contribution in [0.5, 0.6) is 0 Å². The van der Waals surface area contributed by atoms with Gasteiger partial charge in [-0.15, -0.1) is 0 Å². The molecule has 0 saturated carbocycles. The van der Waals surface area contributed by atoms with Crippen LogP contribution < -0.4 is 11.1 Å². The number of likely N-dealkylation sites (tertiary alicyclic amines) is 1. The highest BCUT2D eigenvalue weighted by molar-refractivity contribution is 5.80. The molecule has 1 aliphatic rings. The van der Waals surface area contributed by atoms with E-state index < -0.39 is 0 Å². The molecule has 1 aliphatic heterocycles. The number of carbonyl (C=O) groups excluding carboxylic acids is 1. The van der Waals surface area contributed by atoms with Crippen LogP contribution in [-0.4, -0.2) is 56.7 Å². The third kappa shape index (κ3) is 7.64. The Bertz CT molecular complexity index is 358. The second-order valence-corrected chi connectivity index (χ2v) is 6.42. The van der Waals surface area contributed by atoms with Crippen molar-refractivity contribution >= 4 is 11.9 Å². The number of rotatable bonds is 8. The van der Waals surface area contributed by atoms with E-state index in [1.165, 1.54) is 0 Å². The highest BCUT2D eigenvalue weighted by Crippen LogP contribution is 2.19. The van der Waals surface area contributed by atoms with Crippen molar-refractivity contribution in [2.24, 2.45) is 22.6 Å². The summed E-state index contributed by atoms with van der Waals surface area (Å²) in [6.07, 6.45) is 3.58. The Balaban J connectivity index is 2.27. The molecule has 0 spiro atoms. The minimum Gasteiger partial charge on any atom is -0.381 e. The van der Waals surface area contributed by atoms with Gasteiger partial charge in [0.25, 0.3) is 0 Å². The molecule has 1 amide bonds. The minimum absolute atomic E-state index is 0.211. The van der Waals surface area contributed by atoms with E-state index in [1.807, 2.05) is 0 Å². The highest BCUT2D eigenvalue weighted by atomic mass is 16.5. The number of hydrogen-bond acceptors (Lipinski definition) is 3. The number of amides is 1. The summed E-state index contributed by atoms with van der Waals surface area (Å²) in [5.41, 5.74) is 5.31. The molecule has 6 nitrogen and oxygen atoms in total. The van der Waals surface area contributed by atoms with Crippen molar-refractivity contribution < 1.29 is 9.53 Å². The van der Waals surface area contributed by atoms with Gasteiger partial charge < -0.3 is 20.7 Å². The molecule has 0 radical (unpaired) electrons. The van der Waals surface area contributed by atoms with E-state index >= 15 is 0 Å². The monoisotopic (exact) mass is 312 g/mol. The first kappa shape index (κ1) is 18.7. The number of hydrogen-bond donors (Lipinski definition) is 2. The van der Waals surface area contributed by atoms with Gasteiger partial charge in [-0.3, -0.25) is 9.79 Å². The number of nitrogens with one attached hydrogen (secondary N) is 1. The number of nitrogens with two attached hydrogens (primary N) is 1. The first-order valence-electron chi connectivity index (χ1n) is 8.34. The smallest absolute Gasteiger partial charge is 0.217 e. The first-order valence-corrected chi connectivity index (χ1v) is 8.34. The average Bonchev–Trinajstić information content (AvgIpc) is 2.46. The molecule has 128 valence electrons. The zero-order valence-corrected chi connectivity index (χ0v) is 14.3. The number of ether oxygens (including phenoxy) is 1. The van der Waals surface area contributed by atoms with Gasteiger partial charge in [0, 0.05) is 46.3 Å². The number of guanidine groups is 1. The van der Waals surface area contributed by atoms with Crippen LogP contribution in [0.2, 0.25) is 0 Å². The van der Waals surface area contributed by atoms with Crippen LogP contribution in [0.15, 0.2) is 4.99 Å². The van der Waals surface area contributed by atoms with Gasteiger partial charge >= 0.3 is 0 Å². The molecule has 1 rings (SSSR count). The normalized spacial score (nSPS) is 19.5. The van der Waals surface area contributed by atoms with E-state index in [2.05, 4.69) is 29.1 Å². The zero-order valence-electron chi connectivity index (χ0n) is 14.3. The molecule has 1 saturated heterocycles. The predicted octanol–water partition coefficient (Wildman–Crippen LogP) is 1.21. The minimum atomic E-state index is -0.211. The van der Waals surface area contributed by atoms with Crippen LogP contribution in [0.3, 0.4) is 0 Å². The van der Waals surface area contributed by atoms with E-state index in [4.69, 9.17) is 10.5 Å². The molecule has 0 aromatic heterocycles.